The first kappa shape index (κ1) is 11.3. The number of hydrogen-bond acceptors (Lipinski definition) is 2. The zero-order chi connectivity index (χ0) is 10.9. The molecular formula is C7H3Cl2F3N2. The molecular weight excluding hydrogens is 240 g/mol. The van der Waals surface area contributed by atoms with Crippen LogP contribution in [0.2, 0.25) is 10.3 Å². The van der Waals surface area contributed by atoms with Crippen LogP contribution in [0, 0.1) is 0 Å². The molecule has 76 valence electrons. The van der Waals surface area contributed by atoms with Crippen LogP contribution in [0.25, 0.3) is 6.08 Å². The molecule has 14 heavy (non-hydrogen) atoms. The Balaban J connectivity index is 3.53. The van der Waals surface area contributed by atoms with E-state index >= 15 is 0 Å². The molecule has 0 bridgehead atoms. The molecule has 1 rings (SSSR count). The smallest absolute Gasteiger partial charge is 0.166 e. The molecule has 0 fully saturated rings. The third kappa shape index (κ3) is 1.99. The van der Waals surface area contributed by atoms with Crippen LogP contribution in [-0.2, 0) is 6.18 Å². The molecule has 7 heteroatoms. The molecule has 0 atom stereocenters. The van der Waals surface area contributed by atoms with Gasteiger partial charge in [-0.25, -0.2) is 0 Å². The number of halogens is 5. The van der Waals surface area contributed by atoms with E-state index in [0.29, 0.717) is 0 Å². The summed E-state index contributed by atoms with van der Waals surface area (Å²) in [6.07, 6.45) is -3.69. The van der Waals surface area contributed by atoms with Crippen molar-refractivity contribution in [3.05, 3.63) is 28.0 Å². The highest BCUT2D eigenvalue weighted by Crippen LogP contribution is 2.38. The standard InChI is InChI=1S/C7H3Cl2F3N2/c1-2-3-4(7(10,11)12)6(9)14-13-5(3)8/h2H,1H2. The Kier molecular flexibility index (Phi) is 3.01. The van der Waals surface area contributed by atoms with E-state index in [2.05, 4.69) is 16.8 Å². The van der Waals surface area contributed by atoms with E-state index < -0.39 is 16.9 Å². The van der Waals surface area contributed by atoms with Crippen molar-refractivity contribution in [1.29, 1.82) is 0 Å². The van der Waals surface area contributed by atoms with Crippen LogP contribution < -0.4 is 0 Å². The number of aromatic nitrogens is 2. The van der Waals surface area contributed by atoms with Crippen molar-refractivity contribution in [2.24, 2.45) is 0 Å². The van der Waals surface area contributed by atoms with E-state index in [0.717, 1.165) is 6.08 Å². The predicted molar refractivity (Wildman–Crippen MR) is 47.1 cm³/mol. The molecule has 0 saturated heterocycles. The maximum atomic E-state index is 12.4. The summed E-state index contributed by atoms with van der Waals surface area (Å²) in [7, 11) is 0. The molecule has 0 radical (unpaired) electrons. The van der Waals surface area contributed by atoms with Gasteiger partial charge in [-0.1, -0.05) is 35.9 Å². The lowest BCUT2D eigenvalue weighted by Crippen LogP contribution is -2.11. The lowest BCUT2D eigenvalue weighted by atomic mass is 10.1. The molecule has 0 aliphatic carbocycles. The van der Waals surface area contributed by atoms with Gasteiger partial charge in [-0.05, 0) is 0 Å². The van der Waals surface area contributed by atoms with E-state index in [1.165, 1.54) is 0 Å². The van der Waals surface area contributed by atoms with E-state index in [4.69, 9.17) is 23.2 Å². The van der Waals surface area contributed by atoms with Gasteiger partial charge in [0.15, 0.2) is 10.3 Å². The highest BCUT2D eigenvalue weighted by Gasteiger charge is 2.37. The Morgan fingerprint density at radius 3 is 2.00 bits per heavy atom. The fourth-order valence-corrected chi connectivity index (χ4v) is 1.32. The lowest BCUT2D eigenvalue weighted by molar-refractivity contribution is -0.137. The second-order valence-electron chi connectivity index (χ2n) is 2.27. The molecule has 0 unspecified atom stereocenters. The molecule has 0 aliphatic heterocycles. The van der Waals surface area contributed by atoms with Gasteiger partial charge in [-0.3, -0.25) is 0 Å². The van der Waals surface area contributed by atoms with Crippen molar-refractivity contribution in [2.75, 3.05) is 0 Å². The highest BCUT2D eigenvalue weighted by molar-refractivity contribution is 6.33. The van der Waals surface area contributed by atoms with Gasteiger partial charge >= 0.3 is 6.18 Å². The summed E-state index contributed by atoms with van der Waals surface area (Å²) in [6, 6.07) is 0. The van der Waals surface area contributed by atoms with Gasteiger partial charge in [0, 0.05) is 5.56 Å². The first-order chi connectivity index (χ1) is 6.38. The van der Waals surface area contributed by atoms with Crippen LogP contribution in [0.4, 0.5) is 13.2 Å². The third-order valence-corrected chi connectivity index (χ3v) is 1.95. The molecule has 0 saturated carbocycles. The van der Waals surface area contributed by atoms with Crippen molar-refractivity contribution in [3.8, 4) is 0 Å². The molecule has 0 aromatic carbocycles. The molecule has 0 aliphatic rings. The van der Waals surface area contributed by atoms with Crippen molar-refractivity contribution in [2.45, 2.75) is 6.18 Å². The maximum Gasteiger partial charge on any atom is 0.420 e. The van der Waals surface area contributed by atoms with E-state index in [1.807, 2.05) is 0 Å². The van der Waals surface area contributed by atoms with Gasteiger partial charge in [-0.2, -0.15) is 13.2 Å². The minimum atomic E-state index is -4.62. The lowest BCUT2D eigenvalue weighted by Gasteiger charge is -2.11. The second-order valence-corrected chi connectivity index (χ2v) is 2.99. The van der Waals surface area contributed by atoms with Gasteiger partial charge in [-0.15, -0.1) is 10.2 Å². The number of nitrogens with zero attached hydrogens (tertiary/aromatic N) is 2. The first-order valence-corrected chi connectivity index (χ1v) is 4.04. The first-order valence-electron chi connectivity index (χ1n) is 3.29. The second kappa shape index (κ2) is 3.74. The monoisotopic (exact) mass is 242 g/mol. The summed E-state index contributed by atoms with van der Waals surface area (Å²) < 4.78 is 37.3. The molecule has 2 nitrogen and oxygen atoms in total. The summed E-state index contributed by atoms with van der Waals surface area (Å²) in [5.74, 6) is 0. The van der Waals surface area contributed by atoms with Gasteiger partial charge in [0.2, 0.25) is 0 Å². The molecule has 1 aromatic rings. The van der Waals surface area contributed by atoms with Gasteiger partial charge in [0.25, 0.3) is 0 Å². The van der Waals surface area contributed by atoms with Gasteiger partial charge < -0.3 is 0 Å². The van der Waals surface area contributed by atoms with Crippen LogP contribution in [0.3, 0.4) is 0 Å². The Labute approximate surface area is 87.3 Å². The van der Waals surface area contributed by atoms with Crippen LogP contribution in [-0.4, -0.2) is 10.2 Å². The van der Waals surface area contributed by atoms with E-state index in [9.17, 15) is 13.2 Å². The molecule has 1 heterocycles. The average molecular weight is 243 g/mol. The summed E-state index contributed by atoms with van der Waals surface area (Å²) in [5, 5.41) is 5.19. The zero-order valence-electron chi connectivity index (χ0n) is 6.57. The summed E-state index contributed by atoms with van der Waals surface area (Å²) in [5.41, 5.74) is -1.48. The molecule has 0 spiro atoms. The van der Waals surface area contributed by atoms with Gasteiger partial charge in [0.1, 0.15) is 5.56 Å². The topological polar surface area (TPSA) is 25.8 Å². The Bertz CT molecular complexity index is 376. The molecule has 1 aromatic heterocycles. The number of hydrogen-bond donors (Lipinski definition) is 0. The van der Waals surface area contributed by atoms with Crippen LogP contribution in [0.15, 0.2) is 6.58 Å². The zero-order valence-corrected chi connectivity index (χ0v) is 8.08. The fraction of sp³-hybridized carbons (Fsp3) is 0.143. The Morgan fingerprint density at radius 2 is 1.64 bits per heavy atom. The van der Waals surface area contributed by atoms with Crippen molar-refractivity contribution < 1.29 is 13.2 Å². The summed E-state index contributed by atoms with van der Waals surface area (Å²) in [6.45, 7) is 3.20. The summed E-state index contributed by atoms with van der Waals surface area (Å²) >= 11 is 10.7. The molecule has 0 amide bonds. The van der Waals surface area contributed by atoms with Crippen LogP contribution in [0.5, 0.6) is 0 Å². The van der Waals surface area contributed by atoms with Crippen LogP contribution >= 0.6 is 23.2 Å². The summed E-state index contributed by atoms with van der Waals surface area (Å²) in [4.78, 5) is 0. The minimum Gasteiger partial charge on any atom is -0.166 e. The minimum absolute atomic E-state index is 0.362. The fourth-order valence-electron chi connectivity index (χ4n) is 0.862. The van der Waals surface area contributed by atoms with Crippen molar-refractivity contribution in [3.63, 3.8) is 0 Å². The predicted octanol–water partition coefficient (Wildman–Crippen LogP) is 3.45. The Hall–Kier alpha value is -0.810. The SMILES string of the molecule is C=Cc1c(Cl)nnc(Cl)c1C(F)(F)F. The highest BCUT2D eigenvalue weighted by atomic mass is 35.5. The van der Waals surface area contributed by atoms with Gasteiger partial charge in [0.05, 0.1) is 0 Å². The average Bonchev–Trinajstić information content (AvgIpc) is 2.06. The quantitative estimate of drug-likeness (QED) is 0.754. The maximum absolute atomic E-state index is 12.4. The number of rotatable bonds is 1. The third-order valence-electron chi connectivity index (χ3n) is 1.41. The van der Waals surface area contributed by atoms with Crippen molar-refractivity contribution in [1.82, 2.24) is 10.2 Å². The van der Waals surface area contributed by atoms with E-state index in [-0.39, 0.29) is 10.7 Å². The Morgan fingerprint density at radius 1 is 1.14 bits per heavy atom. The van der Waals surface area contributed by atoms with Crippen molar-refractivity contribution >= 4 is 29.3 Å². The van der Waals surface area contributed by atoms with E-state index in [1.54, 1.807) is 0 Å². The molecule has 0 N–H and O–H groups in total. The van der Waals surface area contributed by atoms with Crippen LogP contribution in [0.1, 0.15) is 11.1 Å². The number of alkyl halides is 3. The normalized spacial score (nSPS) is 11.5. The largest absolute Gasteiger partial charge is 0.420 e.